The number of methoxy groups -OCH3 is 1. The van der Waals surface area contributed by atoms with Gasteiger partial charge in [-0.25, -0.2) is 14.2 Å². The van der Waals surface area contributed by atoms with Gasteiger partial charge in [-0.15, -0.1) is 11.3 Å². The molecule has 0 spiro atoms. The topological polar surface area (TPSA) is 78.5 Å². The van der Waals surface area contributed by atoms with Crippen LogP contribution in [-0.4, -0.2) is 54.1 Å². The molecule has 2 aromatic heterocycles. The van der Waals surface area contributed by atoms with Crippen LogP contribution < -0.4 is 10.5 Å². The number of H-pyrrole nitrogens is 1. The molecule has 1 aliphatic rings. The first-order chi connectivity index (χ1) is 14.0. The largest absolute Gasteiger partial charge is 0.465 e. The zero-order valence-electron chi connectivity index (χ0n) is 16.2. The van der Waals surface area contributed by atoms with Crippen LogP contribution in [0.1, 0.15) is 21.1 Å². The first-order valence-corrected chi connectivity index (χ1v) is 10.1. The Labute approximate surface area is 170 Å². The van der Waals surface area contributed by atoms with E-state index >= 15 is 0 Å². The van der Waals surface area contributed by atoms with Crippen molar-refractivity contribution in [2.45, 2.75) is 13.5 Å². The molecule has 0 atom stereocenters. The summed E-state index contributed by atoms with van der Waals surface area (Å²) < 4.78 is 17.9. The van der Waals surface area contributed by atoms with Crippen molar-refractivity contribution in [3.63, 3.8) is 0 Å². The van der Waals surface area contributed by atoms with Crippen LogP contribution in [0.4, 0.5) is 10.1 Å². The number of hydrogen-bond donors (Lipinski definition) is 1. The number of aryl methyl sites for hydroxylation is 1. The Morgan fingerprint density at radius 1 is 1.24 bits per heavy atom. The van der Waals surface area contributed by atoms with Crippen LogP contribution in [0.5, 0.6) is 0 Å². The van der Waals surface area contributed by atoms with Crippen molar-refractivity contribution < 1.29 is 13.9 Å². The second kappa shape index (κ2) is 7.92. The maximum Gasteiger partial charge on any atom is 0.348 e. The number of thiophene rings is 1. The Bertz CT molecular complexity index is 1100. The first-order valence-electron chi connectivity index (χ1n) is 9.29. The second-order valence-corrected chi connectivity index (χ2v) is 7.98. The molecule has 0 saturated carbocycles. The number of piperazine rings is 1. The van der Waals surface area contributed by atoms with Crippen molar-refractivity contribution in [3.8, 4) is 0 Å². The summed E-state index contributed by atoms with van der Waals surface area (Å²) in [5.74, 6) is -0.115. The molecule has 1 saturated heterocycles. The minimum atomic E-state index is -0.455. The average molecular weight is 416 g/mol. The van der Waals surface area contributed by atoms with Gasteiger partial charge in [-0.05, 0) is 36.8 Å². The summed E-state index contributed by atoms with van der Waals surface area (Å²) in [6.07, 6.45) is 0. The second-order valence-electron chi connectivity index (χ2n) is 6.98. The summed E-state index contributed by atoms with van der Waals surface area (Å²) >= 11 is 1.18. The normalized spacial score (nSPS) is 15.1. The Hall–Kier alpha value is -2.78. The highest BCUT2D eigenvalue weighted by Gasteiger charge is 2.22. The van der Waals surface area contributed by atoms with Crippen molar-refractivity contribution in [3.05, 3.63) is 56.7 Å². The average Bonchev–Trinajstić information content (AvgIpc) is 3.05. The van der Waals surface area contributed by atoms with Gasteiger partial charge in [-0.3, -0.25) is 9.69 Å². The quantitative estimate of drug-likeness (QED) is 0.659. The summed E-state index contributed by atoms with van der Waals surface area (Å²) in [5, 5.41) is 0.445. The maximum absolute atomic E-state index is 13.1. The Morgan fingerprint density at radius 3 is 2.59 bits per heavy atom. The van der Waals surface area contributed by atoms with Crippen LogP contribution in [0.15, 0.2) is 29.1 Å². The number of ether oxygens (including phenoxy) is 1. The van der Waals surface area contributed by atoms with E-state index in [2.05, 4.69) is 19.8 Å². The number of esters is 1. The Morgan fingerprint density at radius 2 is 1.93 bits per heavy atom. The molecule has 1 N–H and O–H groups in total. The lowest BCUT2D eigenvalue weighted by atomic mass is 10.2. The number of hydrogen-bond acceptors (Lipinski definition) is 7. The molecule has 7 nitrogen and oxygen atoms in total. The number of nitrogens with one attached hydrogen (secondary N) is 1. The van der Waals surface area contributed by atoms with E-state index in [-0.39, 0.29) is 11.4 Å². The van der Waals surface area contributed by atoms with Gasteiger partial charge in [0.1, 0.15) is 21.3 Å². The van der Waals surface area contributed by atoms with Crippen LogP contribution >= 0.6 is 11.3 Å². The number of anilines is 1. The zero-order valence-corrected chi connectivity index (χ0v) is 17.0. The SMILES string of the molecule is COC(=O)c1sc2nc(CN3CCN(c4ccc(F)cc4)CC3)[nH]c(=O)c2c1C. The number of rotatable bonds is 4. The van der Waals surface area contributed by atoms with Crippen molar-refractivity contribution in [1.82, 2.24) is 14.9 Å². The van der Waals surface area contributed by atoms with Crippen molar-refractivity contribution in [2.75, 3.05) is 38.2 Å². The number of carbonyl (C=O) groups excluding carboxylic acids is 1. The molecule has 29 heavy (non-hydrogen) atoms. The number of fused-ring (bicyclic) bond motifs is 1. The molecule has 4 rings (SSSR count). The third kappa shape index (κ3) is 3.88. The standard InChI is InChI=1S/C20H21FN4O3S/c1-12-16-18(26)22-15(23-19(16)29-17(12)20(27)28-2)11-24-7-9-25(10-8-24)14-5-3-13(21)4-6-14/h3-6H,7-11H2,1-2H3,(H,22,23,26). The molecule has 0 amide bonds. The van der Waals surface area contributed by atoms with Crippen molar-refractivity contribution in [2.24, 2.45) is 0 Å². The molecule has 0 radical (unpaired) electrons. The summed E-state index contributed by atoms with van der Waals surface area (Å²) in [5.41, 5.74) is 1.37. The molecule has 3 aromatic rings. The van der Waals surface area contributed by atoms with Crippen LogP contribution in [0.2, 0.25) is 0 Å². The lowest BCUT2D eigenvalue weighted by Crippen LogP contribution is -2.46. The number of nitrogens with zero attached hydrogens (tertiary/aromatic N) is 3. The minimum Gasteiger partial charge on any atom is -0.465 e. The number of aromatic amines is 1. The fourth-order valence-electron chi connectivity index (χ4n) is 3.58. The highest BCUT2D eigenvalue weighted by molar-refractivity contribution is 7.20. The van der Waals surface area contributed by atoms with Crippen LogP contribution in [0.3, 0.4) is 0 Å². The molecule has 0 bridgehead atoms. The van der Waals surface area contributed by atoms with E-state index in [1.807, 2.05) is 0 Å². The Kier molecular flexibility index (Phi) is 5.33. The zero-order chi connectivity index (χ0) is 20.5. The minimum absolute atomic E-state index is 0.237. The monoisotopic (exact) mass is 416 g/mol. The predicted molar refractivity (Wildman–Crippen MR) is 110 cm³/mol. The van der Waals surface area contributed by atoms with Crippen LogP contribution in [0, 0.1) is 12.7 Å². The molecule has 3 heterocycles. The third-order valence-electron chi connectivity index (χ3n) is 5.16. The summed E-state index contributed by atoms with van der Waals surface area (Å²) in [4.78, 5) is 37.3. The van der Waals surface area contributed by atoms with E-state index in [0.29, 0.717) is 33.0 Å². The van der Waals surface area contributed by atoms with Crippen molar-refractivity contribution in [1.29, 1.82) is 0 Å². The lowest BCUT2D eigenvalue weighted by Gasteiger charge is -2.35. The van der Waals surface area contributed by atoms with Gasteiger partial charge in [0, 0.05) is 31.9 Å². The van der Waals surface area contributed by atoms with Crippen LogP contribution in [-0.2, 0) is 11.3 Å². The number of aromatic nitrogens is 2. The highest BCUT2D eigenvalue weighted by Crippen LogP contribution is 2.27. The van der Waals surface area contributed by atoms with E-state index in [4.69, 9.17) is 4.74 Å². The number of benzene rings is 1. The van der Waals surface area contributed by atoms with Gasteiger partial charge in [-0.1, -0.05) is 0 Å². The molecule has 1 aromatic carbocycles. The van der Waals surface area contributed by atoms with Gasteiger partial charge in [-0.2, -0.15) is 0 Å². The van der Waals surface area contributed by atoms with Gasteiger partial charge in [0.2, 0.25) is 0 Å². The molecular weight excluding hydrogens is 395 g/mol. The number of halogens is 1. The van der Waals surface area contributed by atoms with E-state index in [1.165, 1.54) is 30.6 Å². The molecule has 1 fully saturated rings. The Balaban J connectivity index is 1.48. The molecular formula is C20H21FN4O3S. The number of carbonyl (C=O) groups is 1. The molecule has 9 heteroatoms. The molecule has 0 aliphatic carbocycles. The fourth-order valence-corrected chi connectivity index (χ4v) is 4.70. The maximum atomic E-state index is 13.1. The fraction of sp³-hybridized carbons (Fsp3) is 0.350. The predicted octanol–water partition coefficient (Wildman–Crippen LogP) is 2.54. The summed E-state index contributed by atoms with van der Waals surface area (Å²) in [7, 11) is 1.32. The van der Waals surface area contributed by atoms with E-state index in [9.17, 15) is 14.0 Å². The van der Waals surface area contributed by atoms with Crippen molar-refractivity contribution >= 4 is 33.2 Å². The molecule has 1 aliphatic heterocycles. The van der Waals surface area contributed by atoms with Gasteiger partial charge >= 0.3 is 5.97 Å². The first kappa shape index (κ1) is 19.5. The molecule has 0 unspecified atom stereocenters. The van der Waals surface area contributed by atoms with Crippen LogP contribution in [0.25, 0.3) is 10.2 Å². The lowest BCUT2D eigenvalue weighted by molar-refractivity contribution is 0.0605. The van der Waals surface area contributed by atoms with Gasteiger partial charge in [0.15, 0.2) is 0 Å². The van der Waals surface area contributed by atoms with E-state index in [0.717, 1.165) is 31.9 Å². The summed E-state index contributed by atoms with van der Waals surface area (Å²) in [6, 6.07) is 6.51. The summed E-state index contributed by atoms with van der Waals surface area (Å²) in [6.45, 7) is 5.47. The third-order valence-corrected chi connectivity index (χ3v) is 6.32. The smallest absolute Gasteiger partial charge is 0.348 e. The van der Waals surface area contributed by atoms with E-state index < -0.39 is 5.97 Å². The van der Waals surface area contributed by atoms with Gasteiger partial charge in [0.05, 0.1) is 19.0 Å². The highest BCUT2D eigenvalue weighted by atomic mass is 32.1. The van der Waals surface area contributed by atoms with Gasteiger partial charge < -0.3 is 14.6 Å². The van der Waals surface area contributed by atoms with E-state index in [1.54, 1.807) is 19.1 Å². The van der Waals surface area contributed by atoms with Gasteiger partial charge in [0.25, 0.3) is 5.56 Å². The molecule has 152 valence electrons.